The highest BCUT2D eigenvalue weighted by Gasteiger charge is 2.55. The van der Waals surface area contributed by atoms with Gasteiger partial charge in [0.25, 0.3) is 11.8 Å². The van der Waals surface area contributed by atoms with Crippen LogP contribution in [0.4, 0.5) is 5.13 Å². The third-order valence-corrected chi connectivity index (χ3v) is 8.42. The molecule has 1 fully saturated rings. The fraction of sp³-hybridized carbons (Fsp3) is 0.389. The van der Waals surface area contributed by atoms with Crippen LogP contribution >= 0.6 is 34.9 Å². The molecule has 0 aliphatic carbocycles. The van der Waals surface area contributed by atoms with Crippen LogP contribution in [0.2, 0.25) is 0 Å². The average molecular weight is 570 g/mol. The summed E-state index contributed by atoms with van der Waals surface area (Å²) in [4.78, 5) is 59.3. The summed E-state index contributed by atoms with van der Waals surface area (Å²) in [5.41, 5.74) is 5.70. The SMILES string of the molecule is CON=C(C(=O)N[C@@H]1C(=O)N2C(C(=O)O)=C(C(CCC(=O)O)Sc3nnn[nH]3)CS[C@@H]12)c1csc(N)n1. The van der Waals surface area contributed by atoms with Crippen LogP contribution in [0.5, 0.6) is 0 Å². The molecule has 0 spiro atoms. The Labute approximate surface area is 220 Å². The summed E-state index contributed by atoms with van der Waals surface area (Å²) in [6.07, 6.45) is -0.160. The number of nitrogens with one attached hydrogen (secondary N) is 2. The second kappa shape index (κ2) is 11.1. The first-order valence-electron chi connectivity index (χ1n) is 10.4. The van der Waals surface area contributed by atoms with Crippen molar-refractivity contribution in [1.82, 2.24) is 35.8 Å². The number of hydrogen-bond donors (Lipinski definition) is 5. The van der Waals surface area contributed by atoms with Crippen molar-refractivity contribution in [2.75, 3.05) is 18.6 Å². The number of nitrogens with two attached hydrogens (primary N) is 1. The molecule has 0 saturated carbocycles. The highest BCUT2D eigenvalue weighted by atomic mass is 32.2. The lowest BCUT2D eigenvalue weighted by molar-refractivity contribution is -0.150. The quantitative estimate of drug-likeness (QED) is 0.0978. The van der Waals surface area contributed by atoms with Crippen LogP contribution in [-0.4, -0.2) is 99.7 Å². The van der Waals surface area contributed by atoms with Gasteiger partial charge >= 0.3 is 11.9 Å². The van der Waals surface area contributed by atoms with Gasteiger partial charge in [0.1, 0.15) is 29.9 Å². The molecule has 3 atom stereocenters. The van der Waals surface area contributed by atoms with Crippen LogP contribution in [0, 0.1) is 0 Å². The molecule has 2 aliphatic rings. The van der Waals surface area contributed by atoms with E-state index in [2.05, 4.69) is 36.1 Å². The smallest absolute Gasteiger partial charge is 0.352 e. The van der Waals surface area contributed by atoms with Crippen molar-refractivity contribution in [2.45, 2.75) is 34.7 Å². The van der Waals surface area contributed by atoms with Gasteiger partial charge in [-0.1, -0.05) is 16.9 Å². The Morgan fingerprint density at radius 3 is 2.81 bits per heavy atom. The molecule has 4 heterocycles. The molecule has 2 aromatic rings. The number of nitrogen functional groups attached to an aromatic ring is 1. The topological polar surface area (TPSA) is 239 Å². The van der Waals surface area contributed by atoms with Gasteiger partial charge in [-0.15, -0.1) is 28.2 Å². The maximum atomic E-state index is 13.1. The van der Waals surface area contributed by atoms with Crippen molar-refractivity contribution in [3.05, 3.63) is 22.3 Å². The predicted octanol–water partition coefficient (Wildman–Crippen LogP) is -0.647. The number of hydrogen-bond acceptors (Lipinski definition) is 14. The summed E-state index contributed by atoms with van der Waals surface area (Å²) in [5.74, 6) is -3.63. The molecular weight excluding hydrogens is 550 g/mol. The Morgan fingerprint density at radius 1 is 1.43 bits per heavy atom. The third kappa shape index (κ3) is 5.52. The number of carboxylic acid groups (broad SMARTS) is 2. The molecular formula is C18H19N9O7S3. The average Bonchev–Trinajstić information content (AvgIpc) is 3.53. The Hall–Kier alpha value is -3.71. The number of carbonyl (C=O) groups is 4. The van der Waals surface area contributed by atoms with Gasteiger partial charge in [0.05, 0.1) is 0 Å². The zero-order valence-corrected chi connectivity index (χ0v) is 21.3. The number of carbonyl (C=O) groups excluding carboxylic acids is 2. The minimum atomic E-state index is -1.35. The van der Waals surface area contributed by atoms with Crippen LogP contribution in [0.3, 0.4) is 0 Å². The molecule has 2 aromatic heterocycles. The van der Waals surface area contributed by atoms with Gasteiger partial charge in [-0.25, -0.2) is 14.9 Å². The summed E-state index contributed by atoms with van der Waals surface area (Å²) >= 11 is 3.40. The number of fused-ring (bicyclic) bond motifs is 1. The van der Waals surface area contributed by atoms with Gasteiger partial charge in [-0.3, -0.25) is 19.3 Å². The number of aliphatic carboxylic acids is 2. The van der Waals surface area contributed by atoms with E-state index < -0.39 is 40.4 Å². The van der Waals surface area contributed by atoms with Crippen LogP contribution in [-0.2, 0) is 24.0 Å². The maximum absolute atomic E-state index is 13.1. The van der Waals surface area contributed by atoms with Crippen molar-refractivity contribution in [1.29, 1.82) is 0 Å². The third-order valence-electron chi connectivity index (χ3n) is 5.24. The summed E-state index contributed by atoms with van der Waals surface area (Å²) in [6.45, 7) is 0. The van der Waals surface area contributed by atoms with Gasteiger partial charge in [0.15, 0.2) is 10.8 Å². The number of oxime groups is 1. The standard InChI is InChI=1S/C18H19N9O7S3/c1-34-24-10(7-5-36-17(19)20-7)13(30)21-11-14(31)27-12(16(32)33)6(4-35-15(11)27)8(2-3-9(28)29)37-18-22-25-26-23-18/h5,8,11,15H,2-4H2,1H3,(H2,19,20)(H,21,30)(H,28,29)(H,32,33)(H,22,23,25,26)/t8?,11-,15+/m1/s1. The number of thiazole rings is 1. The minimum absolute atomic E-state index is 0.0772. The van der Waals surface area contributed by atoms with Crippen molar-refractivity contribution in [2.24, 2.45) is 5.16 Å². The molecule has 2 amide bonds. The van der Waals surface area contributed by atoms with Crippen LogP contribution < -0.4 is 11.1 Å². The fourth-order valence-corrected chi connectivity index (χ4v) is 6.78. The molecule has 2 aliphatic heterocycles. The zero-order chi connectivity index (χ0) is 26.7. The first-order chi connectivity index (χ1) is 17.7. The van der Waals surface area contributed by atoms with Crippen molar-refractivity contribution in [3.8, 4) is 0 Å². The number of aromatic amines is 1. The fourth-order valence-electron chi connectivity index (χ4n) is 3.69. The van der Waals surface area contributed by atoms with Crippen LogP contribution in [0.25, 0.3) is 0 Å². The van der Waals surface area contributed by atoms with E-state index in [1.165, 1.54) is 24.3 Å². The van der Waals surface area contributed by atoms with E-state index in [1.807, 2.05) is 0 Å². The number of H-pyrrole nitrogens is 1. The van der Waals surface area contributed by atoms with Gasteiger partial charge in [-0.05, 0) is 22.4 Å². The molecule has 37 heavy (non-hydrogen) atoms. The number of tetrazole rings is 1. The monoisotopic (exact) mass is 569 g/mol. The van der Waals surface area contributed by atoms with Crippen molar-refractivity contribution in [3.63, 3.8) is 0 Å². The van der Waals surface area contributed by atoms with Gasteiger partial charge in [0.2, 0.25) is 5.16 Å². The number of thioether (sulfide) groups is 2. The van der Waals surface area contributed by atoms with Crippen LogP contribution in [0.1, 0.15) is 18.5 Å². The Kier molecular flexibility index (Phi) is 7.93. The van der Waals surface area contributed by atoms with E-state index >= 15 is 0 Å². The van der Waals surface area contributed by atoms with E-state index in [0.717, 1.165) is 28.0 Å². The minimum Gasteiger partial charge on any atom is -0.481 e. The second-order valence-electron chi connectivity index (χ2n) is 7.48. The van der Waals surface area contributed by atoms with E-state index in [-0.39, 0.29) is 46.0 Å². The largest absolute Gasteiger partial charge is 0.481 e. The molecule has 196 valence electrons. The number of carboxylic acids is 2. The first kappa shape index (κ1) is 26.4. The maximum Gasteiger partial charge on any atom is 0.352 e. The molecule has 0 bridgehead atoms. The van der Waals surface area contributed by atoms with E-state index in [1.54, 1.807) is 0 Å². The summed E-state index contributed by atoms with van der Waals surface area (Å²) < 4.78 is 0. The van der Waals surface area contributed by atoms with E-state index in [0.29, 0.717) is 5.57 Å². The van der Waals surface area contributed by atoms with Gasteiger partial charge < -0.3 is 26.1 Å². The van der Waals surface area contributed by atoms with Gasteiger partial charge in [-0.2, -0.15) is 0 Å². The molecule has 0 radical (unpaired) electrons. The molecule has 1 saturated heterocycles. The molecule has 1 unspecified atom stereocenters. The highest BCUT2D eigenvalue weighted by Crippen LogP contribution is 2.44. The van der Waals surface area contributed by atoms with Gasteiger partial charge in [0, 0.05) is 22.8 Å². The van der Waals surface area contributed by atoms with Crippen LogP contribution in [0.15, 0.2) is 27.0 Å². The number of aromatic nitrogens is 5. The second-order valence-corrected chi connectivity index (χ2v) is 10.7. The van der Waals surface area contributed by atoms with E-state index in [4.69, 9.17) is 15.7 Å². The Bertz CT molecular complexity index is 1280. The van der Waals surface area contributed by atoms with Crippen molar-refractivity contribution >= 4 is 69.5 Å². The first-order valence-corrected chi connectivity index (χ1v) is 13.2. The molecule has 4 rings (SSSR count). The van der Waals surface area contributed by atoms with E-state index in [9.17, 15) is 24.3 Å². The number of amides is 2. The Morgan fingerprint density at radius 2 is 2.22 bits per heavy atom. The number of nitrogens with zero attached hydrogens (tertiary/aromatic N) is 6. The number of β-lactam (4-membered cyclic amide) rings is 1. The summed E-state index contributed by atoms with van der Waals surface area (Å²) in [6, 6.07) is -1.03. The Balaban J connectivity index is 1.57. The zero-order valence-electron chi connectivity index (χ0n) is 18.9. The lowest BCUT2D eigenvalue weighted by atomic mass is 9.99. The molecule has 6 N–H and O–H groups in total. The van der Waals surface area contributed by atoms with Crippen molar-refractivity contribution < 1.29 is 34.2 Å². The number of anilines is 1. The molecule has 16 nitrogen and oxygen atoms in total. The molecule has 0 aromatic carbocycles. The summed E-state index contributed by atoms with van der Waals surface area (Å²) in [7, 11) is 1.25. The normalized spacial score (nSPS) is 20.2. The summed E-state index contributed by atoms with van der Waals surface area (Å²) in [5, 5.41) is 39.4. The number of rotatable bonds is 11. The lowest BCUT2D eigenvalue weighted by Crippen LogP contribution is -2.71. The lowest BCUT2D eigenvalue weighted by Gasteiger charge is -2.50. The predicted molar refractivity (Wildman–Crippen MR) is 130 cm³/mol. The highest BCUT2D eigenvalue weighted by molar-refractivity contribution is 8.01. The molecule has 19 heteroatoms.